The standard InChI is InChI=1S/C14H19N5O/c1-3-12(13-15-10-16-19(13)4-2)18-14(20)17-11-8-6-5-7-9-11/h5-10,12H,3-4H2,1-2H3,(H2,17,18,20)/t12-/m1/s1. The van der Waals surface area contributed by atoms with Crippen LogP contribution in [0.3, 0.4) is 0 Å². The molecule has 0 spiro atoms. The Bertz CT molecular complexity index is 552. The molecule has 0 radical (unpaired) electrons. The maximum Gasteiger partial charge on any atom is 0.319 e. The fourth-order valence-electron chi connectivity index (χ4n) is 1.98. The molecule has 0 saturated heterocycles. The van der Waals surface area contributed by atoms with Crippen molar-refractivity contribution in [2.45, 2.75) is 32.9 Å². The highest BCUT2D eigenvalue weighted by Gasteiger charge is 2.17. The van der Waals surface area contributed by atoms with Crippen LogP contribution in [-0.4, -0.2) is 20.8 Å². The Morgan fingerprint density at radius 2 is 2.05 bits per heavy atom. The van der Waals surface area contributed by atoms with E-state index in [-0.39, 0.29) is 12.1 Å². The fraction of sp³-hybridized carbons (Fsp3) is 0.357. The number of aromatic nitrogens is 3. The normalized spacial score (nSPS) is 11.9. The predicted molar refractivity (Wildman–Crippen MR) is 77.3 cm³/mol. The molecule has 0 bridgehead atoms. The van der Waals surface area contributed by atoms with E-state index in [1.54, 1.807) is 4.68 Å². The van der Waals surface area contributed by atoms with Crippen molar-refractivity contribution < 1.29 is 4.79 Å². The van der Waals surface area contributed by atoms with E-state index in [0.29, 0.717) is 0 Å². The summed E-state index contributed by atoms with van der Waals surface area (Å²) in [5.41, 5.74) is 0.761. The van der Waals surface area contributed by atoms with Crippen molar-refractivity contribution >= 4 is 11.7 Å². The summed E-state index contributed by atoms with van der Waals surface area (Å²) in [5, 5.41) is 9.85. The van der Waals surface area contributed by atoms with Crippen LogP contribution in [0.15, 0.2) is 36.7 Å². The molecule has 1 aromatic heterocycles. The summed E-state index contributed by atoms with van der Waals surface area (Å²) >= 11 is 0. The average Bonchev–Trinajstić information content (AvgIpc) is 2.94. The number of nitrogens with one attached hydrogen (secondary N) is 2. The third-order valence-corrected chi connectivity index (χ3v) is 3.00. The molecular weight excluding hydrogens is 254 g/mol. The van der Waals surface area contributed by atoms with Crippen molar-refractivity contribution in [1.82, 2.24) is 20.1 Å². The topological polar surface area (TPSA) is 71.8 Å². The SMILES string of the molecule is CC[C@@H](NC(=O)Nc1ccccc1)c1ncnn1CC. The van der Waals surface area contributed by atoms with E-state index < -0.39 is 0 Å². The van der Waals surface area contributed by atoms with Gasteiger partial charge in [-0.25, -0.2) is 14.5 Å². The third-order valence-electron chi connectivity index (χ3n) is 3.00. The van der Waals surface area contributed by atoms with Crippen LogP contribution in [0, 0.1) is 0 Å². The van der Waals surface area contributed by atoms with E-state index in [2.05, 4.69) is 20.7 Å². The van der Waals surface area contributed by atoms with Crippen molar-refractivity contribution in [2.24, 2.45) is 0 Å². The number of rotatable bonds is 5. The Balaban J connectivity index is 2.01. The zero-order chi connectivity index (χ0) is 14.4. The van der Waals surface area contributed by atoms with Gasteiger partial charge in [0, 0.05) is 12.2 Å². The van der Waals surface area contributed by atoms with Gasteiger partial charge in [-0.15, -0.1) is 0 Å². The number of aryl methyl sites for hydroxylation is 1. The zero-order valence-electron chi connectivity index (χ0n) is 11.7. The molecule has 2 rings (SSSR count). The van der Waals surface area contributed by atoms with Gasteiger partial charge in [-0.2, -0.15) is 5.10 Å². The number of hydrogen-bond donors (Lipinski definition) is 2. The van der Waals surface area contributed by atoms with Crippen LogP contribution >= 0.6 is 0 Å². The Morgan fingerprint density at radius 3 is 2.70 bits per heavy atom. The summed E-state index contributed by atoms with van der Waals surface area (Å²) in [7, 11) is 0. The number of hydrogen-bond acceptors (Lipinski definition) is 3. The zero-order valence-corrected chi connectivity index (χ0v) is 11.7. The van der Waals surface area contributed by atoms with Crippen LogP contribution in [0.2, 0.25) is 0 Å². The van der Waals surface area contributed by atoms with Gasteiger partial charge in [-0.05, 0) is 25.5 Å². The molecule has 1 heterocycles. The second-order valence-electron chi connectivity index (χ2n) is 4.36. The molecule has 0 fully saturated rings. The Kier molecular flexibility index (Phi) is 4.70. The summed E-state index contributed by atoms with van der Waals surface area (Å²) in [4.78, 5) is 16.2. The summed E-state index contributed by atoms with van der Waals surface area (Å²) in [6.45, 7) is 4.73. The number of urea groups is 1. The number of benzene rings is 1. The van der Waals surface area contributed by atoms with E-state index in [4.69, 9.17) is 0 Å². The Labute approximate surface area is 118 Å². The molecule has 106 valence electrons. The number of amides is 2. The second-order valence-corrected chi connectivity index (χ2v) is 4.36. The van der Waals surface area contributed by atoms with Crippen molar-refractivity contribution in [3.05, 3.63) is 42.5 Å². The van der Waals surface area contributed by atoms with Crippen LogP contribution in [0.1, 0.15) is 32.1 Å². The van der Waals surface area contributed by atoms with Gasteiger partial charge in [0.25, 0.3) is 0 Å². The van der Waals surface area contributed by atoms with E-state index in [0.717, 1.165) is 24.5 Å². The predicted octanol–water partition coefficient (Wildman–Crippen LogP) is 2.57. The first-order valence-electron chi connectivity index (χ1n) is 6.74. The Morgan fingerprint density at radius 1 is 1.30 bits per heavy atom. The minimum atomic E-state index is -0.242. The van der Waals surface area contributed by atoms with Crippen molar-refractivity contribution in [3.8, 4) is 0 Å². The number of anilines is 1. The van der Waals surface area contributed by atoms with Crippen LogP contribution in [0.25, 0.3) is 0 Å². The van der Waals surface area contributed by atoms with Gasteiger partial charge in [0.1, 0.15) is 12.2 Å². The van der Waals surface area contributed by atoms with Crippen molar-refractivity contribution in [3.63, 3.8) is 0 Å². The second kappa shape index (κ2) is 6.70. The van der Waals surface area contributed by atoms with E-state index >= 15 is 0 Å². The van der Waals surface area contributed by atoms with Crippen LogP contribution in [0.5, 0.6) is 0 Å². The number of carbonyl (C=O) groups is 1. The maximum absolute atomic E-state index is 12.0. The first-order chi connectivity index (χ1) is 9.74. The summed E-state index contributed by atoms with van der Waals surface area (Å²) in [6, 6.07) is 8.95. The van der Waals surface area contributed by atoms with E-state index in [1.807, 2.05) is 44.2 Å². The Hall–Kier alpha value is -2.37. The molecule has 2 N–H and O–H groups in total. The van der Waals surface area contributed by atoms with Crippen molar-refractivity contribution in [2.75, 3.05) is 5.32 Å². The van der Waals surface area contributed by atoms with Gasteiger partial charge in [-0.3, -0.25) is 0 Å². The van der Waals surface area contributed by atoms with Gasteiger partial charge in [0.2, 0.25) is 0 Å². The van der Waals surface area contributed by atoms with Crippen LogP contribution in [0.4, 0.5) is 10.5 Å². The molecule has 0 aliphatic rings. The molecule has 6 heteroatoms. The minimum Gasteiger partial charge on any atom is -0.328 e. The lowest BCUT2D eigenvalue weighted by atomic mass is 10.2. The molecule has 1 atom stereocenters. The highest BCUT2D eigenvalue weighted by molar-refractivity contribution is 5.89. The first kappa shape index (κ1) is 14.0. The van der Waals surface area contributed by atoms with Gasteiger partial charge >= 0.3 is 6.03 Å². The molecular formula is C14H19N5O. The molecule has 1 aromatic carbocycles. The van der Waals surface area contributed by atoms with E-state index in [1.165, 1.54) is 6.33 Å². The number of para-hydroxylation sites is 1. The highest BCUT2D eigenvalue weighted by atomic mass is 16.2. The lowest BCUT2D eigenvalue weighted by Crippen LogP contribution is -2.33. The van der Waals surface area contributed by atoms with Gasteiger partial charge < -0.3 is 10.6 Å². The average molecular weight is 273 g/mol. The summed E-state index contributed by atoms with van der Waals surface area (Å²) in [5.74, 6) is 0.776. The minimum absolute atomic E-state index is 0.152. The molecule has 20 heavy (non-hydrogen) atoms. The smallest absolute Gasteiger partial charge is 0.319 e. The molecule has 6 nitrogen and oxygen atoms in total. The monoisotopic (exact) mass is 273 g/mol. The van der Waals surface area contributed by atoms with Gasteiger partial charge in [0.15, 0.2) is 0 Å². The maximum atomic E-state index is 12.0. The summed E-state index contributed by atoms with van der Waals surface area (Å²) in [6.07, 6.45) is 2.26. The van der Waals surface area contributed by atoms with E-state index in [9.17, 15) is 4.79 Å². The van der Waals surface area contributed by atoms with Gasteiger partial charge in [-0.1, -0.05) is 25.1 Å². The summed E-state index contributed by atoms with van der Waals surface area (Å²) < 4.78 is 1.79. The fourth-order valence-corrected chi connectivity index (χ4v) is 1.98. The molecule has 0 saturated carbocycles. The molecule has 2 amide bonds. The molecule has 0 aliphatic heterocycles. The first-order valence-corrected chi connectivity index (χ1v) is 6.74. The molecule has 2 aromatic rings. The highest BCUT2D eigenvalue weighted by Crippen LogP contribution is 2.14. The van der Waals surface area contributed by atoms with Crippen LogP contribution in [-0.2, 0) is 6.54 Å². The molecule has 0 aliphatic carbocycles. The number of nitrogens with zero attached hydrogens (tertiary/aromatic N) is 3. The largest absolute Gasteiger partial charge is 0.328 e. The van der Waals surface area contributed by atoms with Crippen molar-refractivity contribution in [1.29, 1.82) is 0 Å². The third kappa shape index (κ3) is 3.34. The quantitative estimate of drug-likeness (QED) is 0.879. The molecule has 0 unspecified atom stereocenters. The lowest BCUT2D eigenvalue weighted by Gasteiger charge is -2.17. The van der Waals surface area contributed by atoms with Crippen LogP contribution < -0.4 is 10.6 Å². The lowest BCUT2D eigenvalue weighted by molar-refractivity contribution is 0.247. The van der Waals surface area contributed by atoms with Gasteiger partial charge in [0.05, 0.1) is 6.04 Å². The number of carbonyl (C=O) groups excluding carboxylic acids is 1.